The van der Waals surface area contributed by atoms with Crippen LogP contribution in [0.5, 0.6) is 5.75 Å². The third-order valence-corrected chi connectivity index (χ3v) is 4.13. The fourth-order valence-corrected chi connectivity index (χ4v) is 2.75. The summed E-state index contributed by atoms with van der Waals surface area (Å²) in [7, 11) is 5.02. The molecule has 132 valence electrons. The molecule has 0 unspecified atom stereocenters. The molecule has 1 aromatic rings. The molecular weight excluding hydrogens is 332 g/mol. The van der Waals surface area contributed by atoms with Gasteiger partial charge in [0, 0.05) is 57.4 Å². The molecule has 1 saturated heterocycles. The van der Waals surface area contributed by atoms with E-state index < -0.39 is 0 Å². The number of hydrogen-bond acceptors (Lipinski definition) is 3. The van der Waals surface area contributed by atoms with Gasteiger partial charge in [0.05, 0.1) is 7.11 Å². The zero-order chi connectivity index (χ0) is 17.7. The van der Waals surface area contributed by atoms with Crippen LogP contribution < -0.4 is 10.1 Å². The third-order valence-electron chi connectivity index (χ3n) is 3.89. The summed E-state index contributed by atoms with van der Waals surface area (Å²) in [5.41, 5.74) is 0.819. The van der Waals surface area contributed by atoms with E-state index in [0.717, 1.165) is 5.56 Å². The number of benzene rings is 1. The van der Waals surface area contributed by atoms with Gasteiger partial charge in [-0.2, -0.15) is 0 Å². The number of nitrogens with one attached hydrogen (secondary N) is 1. The van der Waals surface area contributed by atoms with Crippen molar-refractivity contribution in [2.24, 2.45) is 0 Å². The van der Waals surface area contributed by atoms with Gasteiger partial charge >= 0.3 is 12.1 Å². The lowest BCUT2D eigenvalue weighted by Crippen LogP contribution is -2.54. The van der Waals surface area contributed by atoms with Crippen molar-refractivity contribution in [3.8, 4) is 5.75 Å². The average molecular weight is 355 g/mol. The van der Waals surface area contributed by atoms with E-state index >= 15 is 0 Å². The second-order valence-corrected chi connectivity index (χ2v) is 6.20. The summed E-state index contributed by atoms with van der Waals surface area (Å²) < 4.78 is 5.27. The van der Waals surface area contributed by atoms with Gasteiger partial charge in [0.25, 0.3) is 0 Å². The Balaban J connectivity index is 1.86. The molecule has 1 fully saturated rings. The first-order valence-electron chi connectivity index (χ1n) is 7.73. The van der Waals surface area contributed by atoms with Crippen molar-refractivity contribution in [3.63, 3.8) is 0 Å². The summed E-state index contributed by atoms with van der Waals surface area (Å²) in [4.78, 5) is 29.2. The highest BCUT2D eigenvalue weighted by molar-refractivity contribution is 6.30. The summed E-state index contributed by atoms with van der Waals surface area (Å²) in [6.07, 6.45) is 0. The van der Waals surface area contributed by atoms with Crippen LogP contribution in [0.25, 0.3) is 0 Å². The van der Waals surface area contributed by atoms with Gasteiger partial charge in [-0.05, 0) is 18.2 Å². The number of carbonyl (C=O) groups excluding carboxylic acids is 2. The number of carbonyl (C=O) groups is 2. The Labute approximate surface area is 147 Å². The number of piperazine rings is 1. The maximum Gasteiger partial charge on any atom is 0.319 e. The molecule has 0 bridgehead atoms. The van der Waals surface area contributed by atoms with Gasteiger partial charge in [0.2, 0.25) is 0 Å². The molecule has 1 aliphatic heterocycles. The molecule has 0 aliphatic carbocycles. The molecule has 0 atom stereocenters. The number of rotatable bonds is 3. The lowest BCUT2D eigenvalue weighted by molar-refractivity contribution is 0.128. The van der Waals surface area contributed by atoms with E-state index in [-0.39, 0.29) is 12.1 Å². The molecule has 24 heavy (non-hydrogen) atoms. The zero-order valence-electron chi connectivity index (χ0n) is 14.2. The molecule has 1 aliphatic rings. The number of halogens is 1. The molecular formula is C16H23ClN4O3. The minimum Gasteiger partial charge on any atom is -0.496 e. The van der Waals surface area contributed by atoms with Gasteiger partial charge in [-0.1, -0.05) is 11.6 Å². The van der Waals surface area contributed by atoms with Crippen molar-refractivity contribution in [2.75, 3.05) is 47.4 Å². The van der Waals surface area contributed by atoms with Gasteiger partial charge in [0.15, 0.2) is 0 Å². The van der Waals surface area contributed by atoms with Crippen LogP contribution >= 0.6 is 11.6 Å². The number of urea groups is 2. The minimum atomic E-state index is -0.158. The van der Waals surface area contributed by atoms with Gasteiger partial charge in [-0.25, -0.2) is 9.59 Å². The van der Waals surface area contributed by atoms with Crippen LogP contribution in [-0.4, -0.2) is 74.1 Å². The second-order valence-electron chi connectivity index (χ2n) is 5.77. The number of amides is 4. The Hall–Kier alpha value is -2.15. The molecule has 7 nitrogen and oxygen atoms in total. The van der Waals surface area contributed by atoms with Crippen LogP contribution in [0.4, 0.5) is 9.59 Å². The molecule has 0 aromatic heterocycles. The largest absolute Gasteiger partial charge is 0.496 e. The van der Waals surface area contributed by atoms with Crippen LogP contribution in [0.15, 0.2) is 18.2 Å². The summed E-state index contributed by atoms with van der Waals surface area (Å²) in [6.45, 7) is 2.42. The Morgan fingerprint density at radius 3 is 2.42 bits per heavy atom. The van der Waals surface area contributed by atoms with E-state index in [1.54, 1.807) is 54.1 Å². The lowest BCUT2D eigenvalue weighted by atomic mass is 10.2. The number of ether oxygens (including phenoxy) is 1. The number of methoxy groups -OCH3 is 1. The Kier molecular flexibility index (Phi) is 6.14. The summed E-state index contributed by atoms with van der Waals surface area (Å²) >= 11 is 5.99. The molecule has 0 saturated carbocycles. The highest BCUT2D eigenvalue weighted by atomic mass is 35.5. The Bertz CT molecular complexity index is 601. The quantitative estimate of drug-likeness (QED) is 0.901. The van der Waals surface area contributed by atoms with Crippen molar-refractivity contribution in [3.05, 3.63) is 28.8 Å². The molecule has 0 spiro atoms. The predicted molar refractivity (Wildman–Crippen MR) is 92.5 cm³/mol. The smallest absolute Gasteiger partial charge is 0.319 e. The topological polar surface area (TPSA) is 65.1 Å². The zero-order valence-corrected chi connectivity index (χ0v) is 15.0. The summed E-state index contributed by atoms with van der Waals surface area (Å²) in [5, 5.41) is 3.47. The van der Waals surface area contributed by atoms with Crippen LogP contribution in [0.1, 0.15) is 5.56 Å². The van der Waals surface area contributed by atoms with Crippen molar-refractivity contribution >= 4 is 23.7 Å². The average Bonchev–Trinajstić information content (AvgIpc) is 2.59. The first kappa shape index (κ1) is 18.2. The van der Waals surface area contributed by atoms with Gasteiger partial charge < -0.3 is 24.8 Å². The Morgan fingerprint density at radius 1 is 1.21 bits per heavy atom. The van der Waals surface area contributed by atoms with Gasteiger partial charge in [0.1, 0.15) is 5.75 Å². The van der Waals surface area contributed by atoms with Crippen LogP contribution in [0.2, 0.25) is 5.02 Å². The van der Waals surface area contributed by atoms with E-state index in [1.807, 2.05) is 0 Å². The maximum absolute atomic E-state index is 12.3. The van der Waals surface area contributed by atoms with Crippen molar-refractivity contribution in [1.29, 1.82) is 0 Å². The molecule has 1 N–H and O–H groups in total. The van der Waals surface area contributed by atoms with Gasteiger partial charge in [-0.3, -0.25) is 0 Å². The first-order chi connectivity index (χ1) is 11.4. The fourth-order valence-electron chi connectivity index (χ4n) is 2.55. The molecule has 2 rings (SSSR count). The first-order valence-corrected chi connectivity index (χ1v) is 8.11. The fraction of sp³-hybridized carbons (Fsp3) is 0.500. The summed E-state index contributed by atoms with van der Waals surface area (Å²) in [6, 6.07) is 5.10. The van der Waals surface area contributed by atoms with E-state index in [2.05, 4.69) is 5.32 Å². The monoisotopic (exact) mass is 354 g/mol. The van der Waals surface area contributed by atoms with Crippen molar-refractivity contribution in [2.45, 2.75) is 6.54 Å². The lowest BCUT2D eigenvalue weighted by Gasteiger charge is -2.35. The molecule has 1 heterocycles. The van der Waals surface area contributed by atoms with Crippen molar-refractivity contribution < 1.29 is 14.3 Å². The standard InChI is InChI=1S/C16H23ClN4O3/c1-19(2)16(23)21-8-6-20(7-9-21)15(22)18-11-12-10-13(17)4-5-14(12)24-3/h4-5,10H,6-9,11H2,1-3H3,(H,18,22). The second kappa shape index (κ2) is 8.10. The minimum absolute atomic E-state index is 0.0290. The molecule has 1 aromatic carbocycles. The van der Waals surface area contributed by atoms with E-state index in [0.29, 0.717) is 43.5 Å². The highest BCUT2D eigenvalue weighted by Crippen LogP contribution is 2.22. The van der Waals surface area contributed by atoms with E-state index in [1.165, 1.54) is 0 Å². The molecule has 0 radical (unpaired) electrons. The van der Waals surface area contributed by atoms with E-state index in [4.69, 9.17) is 16.3 Å². The van der Waals surface area contributed by atoms with Crippen LogP contribution in [0.3, 0.4) is 0 Å². The SMILES string of the molecule is COc1ccc(Cl)cc1CNC(=O)N1CCN(C(=O)N(C)C)CC1. The Morgan fingerprint density at radius 2 is 1.83 bits per heavy atom. The van der Waals surface area contributed by atoms with Crippen molar-refractivity contribution in [1.82, 2.24) is 20.0 Å². The number of hydrogen-bond donors (Lipinski definition) is 1. The number of nitrogens with zero attached hydrogens (tertiary/aromatic N) is 3. The van der Waals surface area contributed by atoms with Crippen LogP contribution in [0, 0.1) is 0 Å². The highest BCUT2D eigenvalue weighted by Gasteiger charge is 2.24. The summed E-state index contributed by atoms with van der Waals surface area (Å²) in [5.74, 6) is 0.682. The molecule has 4 amide bonds. The van der Waals surface area contributed by atoms with Crippen LogP contribution in [-0.2, 0) is 6.54 Å². The third kappa shape index (κ3) is 4.44. The maximum atomic E-state index is 12.3. The van der Waals surface area contributed by atoms with Gasteiger partial charge in [-0.15, -0.1) is 0 Å². The normalized spacial score (nSPS) is 14.3. The molecule has 8 heteroatoms. The van der Waals surface area contributed by atoms with E-state index in [9.17, 15) is 9.59 Å². The predicted octanol–water partition coefficient (Wildman–Crippen LogP) is 1.86.